The summed E-state index contributed by atoms with van der Waals surface area (Å²) in [5, 5.41) is 0. The molecule has 0 N–H and O–H groups in total. The normalized spacial score (nSPS) is 18.9. The van der Waals surface area contributed by atoms with Crippen molar-refractivity contribution >= 4 is 5.57 Å². The van der Waals surface area contributed by atoms with Crippen LogP contribution in [-0.2, 0) is 12.8 Å². The molecule has 0 saturated carbocycles. The van der Waals surface area contributed by atoms with Crippen LogP contribution < -0.4 is 4.74 Å². The van der Waals surface area contributed by atoms with Crippen LogP contribution >= 0.6 is 0 Å². The van der Waals surface area contributed by atoms with Gasteiger partial charge in [0, 0.05) is 19.6 Å². The molecule has 0 unspecified atom stereocenters. The Balaban J connectivity index is 1.35. The van der Waals surface area contributed by atoms with E-state index in [1.165, 1.54) is 61.4 Å². The summed E-state index contributed by atoms with van der Waals surface area (Å²) in [6, 6.07) is 13.4. The summed E-state index contributed by atoms with van der Waals surface area (Å²) >= 11 is 0. The first-order chi connectivity index (χ1) is 15.5. The summed E-state index contributed by atoms with van der Waals surface area (Å²) in [7, 11) is 2.23. The zero-order valence-electron chi connectivity index (χ0n) is 19.9. The fraction of sp³-hybridized carbons (Fsp3) is 0.500. The molecule has 4 rings (SSSR count). The molecule has 4 heteroatoms. The van der Waals surface area contributed by atoms with Crippen LogP contribution in [0.1, 0.15) is 43.4 Å². The van der Waals surface area contributed by atoms with Gasteiger partial charge in [-0.25, -0.2) is 4.39 Å². The van der Waals surface area contributed by atoms with Crippen molar-refractivity contribution in [1.29, 1.82) is 0 Å². The lowest BCUT2D eigenvalue weighted by molar-refractivity contribution is 0.259. The SMILES string of the molecule is CC1=C(CN2CCCN(C)CC2)CCc2cc(OC[C@@H](C)Cc3ccc(F)cc3)ccc21. The zero-order chi connectivity index (χ0) is 22.5. The van der Waals surface area contributed by atoms with E-state index in [4.69, 9.17) is 4.74 Å². The van der Waals surface area contributed by atoms with E-state index in [1.807, 2.05) is 12.1 Å². The summed E-state index contributed by atoms with van der Waals surface area (Å²) in [6.07, 6.45) is 4.40. The average Bonchev–Trinajstić information content (AvgIpc) is 3.00. The van der Waals surface area contributed by atoms with E-state index < -0.39 is 0 Å². The van der Waals surface area contributed by atoms with Crippen LogP contribution in [-0.4, -0.2) is 56.2 Å². The second-order valence-corrected chi connectivity index (χ2v) is 9.73. The Bertz CT molecular complexity index is 937. The van der Waals surface area contributed by atoms with Gasteiger partial charge in [-0.3, -0.25) is 4.90 Å². The summed E-state index contributed by atoms with van der Waals surface area (Å²) in [5.41, 5.74) is 7.01. The summed E-state index contributed by atoms with van der Waals surface area (Å²) < 4.78 is 19.2. The molecular formula is C28H37FN2O. The van der Waals surface area contributed by atoms with Crippen LogP contribution in [0.5, 0.6) is 5.75 Å². The third kappa shape index (κ3) is 5.99. The third-order valence-electron chi connectivity index (χ3n) is 6.97. The monoisotopic (exact) mass is 436 g/mol. The number of allylic oxidation sites excluding steroid dienone is 1. The molecule has 0 bridgehead atoms. The van der Waals surface area contributed by atoms with Gasteiger partial charge in [-0.2, -0.15) is 0 Å². The highest BCUT2D eigenvalue weighted by molar-refractivity contribution is 5.72. The third-order valence-corrected chi connectivity index (χ3v) is 6.97. The number of likely N-dealkylation sites (N-methyl/N-ethyl adjacent to an activating group) is 1. The summed E-state index contributed by atoms with van der Waals surface area (Å²) in [6.45, 7) is 11.0. The lowest BCUT2D eigenvalue weighted by atomic mass is 9.86. The van der Waals surface area contributed by atoms with Gasteiger partial charge in [0.1, 0.15) is 11.6 Å². The van der Waals surface area contributed by atoms with Gasteiger partial charge < -0.3 is 9.64 Å². The number of fused-ring (bicyclic) bond motifs is 1. The number of nitrogens with zero attached hydrogens (tertiary/aromatic N) is 2. The van der Waals surface area contributed by atoms with Crippen LogP contribution in [0.15, 0.2) is 48.0 Å². The molecule has 2 aliphatic rings. The quantitative estimate of drug-likeness (QED) is 0.575. The van der Waals surface area contributed by atoms with Crippen molar-refractivity contribution in [1.82, 2.24) is 9.80 Å². The molecule has 0 amide bonds. The van der Waals surface area contributed by atoms with Crippen LogP contribution in [0.2, 0.25) is 0 Å². The number of rotatable bonds is 7. The van der Waals surface area contributed by atoms with E-state index in [-0.39, 0.29) is 5.82 Å². The molecule has 0 spiro atoms. The Labute approximate surface area is 192 Å². The standard InChI is InChI=1S/C28H37FN2O/c1-21(17-23-5-9-26(29)10-6-23)20-32-27-11-12-28-22(2)25(8-7-24(28)18-27)19-31-14-4-13-30(3)15-16-31/h5-6,9-12,18,21H,4,7-8,13-17,19-20H2,1-3H3/t21-/m0/s1. The highest BCUT2D eigenvalue weighted by Crippen LogP contribution is 2.34. The first kappa shape index (κ1) is 23.0. The largest absolute Gasteiger partial charge is 0.493 e. The highest BCUT2D eigenvalue weighted by atomic mass is 19.1. The topological polar surface area (TPSA) is 15.7 Å². The summed E-state index contributed by atoms with van der Waals surface area (Å²) in [5.74, 6) is 1.15. The van der Waals surface area contributed by atoms with Crippen molar-refractivity contribution < 1.29 is 9.13 Å². The molecule has 1 atom stereocenters. The van der Waals surface area contributed by atoms with E-state index >= 15 is 0 Å². The van der Waals surface area contributed by atoms with Gasteiger partial charge >= 0.3 is 0 Å². The lowest BCUT2D eigenvalue weighted by Crippen LogP contribution is -2.31. The molecule has 172 valence electrons. The minimum Gasteiger partial charge on any atom is -0.493 e. The van der Waals surface area contributed by atoms with Gasteiger partial charge in [-0.05, 0) is 105 Å². The van der Waals surface area contributed by atoms with E-state index in [0.29, 0.717) is 12.5 Å². The number of hydrogen-bond acceptors (Lipinski definition) is 3. The van der Waals surface area contributed by atoms with Crippen LogP contribution in [0.25, 0.3) is 5.57 Å². The smallest absolute Gasteiger partial charge is 0.123 e. The molecule has 1 aliphatic carbocycles. The molecular weight excluding hydrogens is 399 g/mol. The van der Waals surface area contributed by atoms with Gasteiger partial charge in [0.05, 0.1) is 6.61 Å². The first-order valence-corrected chi connectivity index (χ1v) is 12.1. The van der Waals surface area contributed by atoms with Gasteiger partial charge in [-0.15, -0.1) is 0 Å². The molecule has 1 saturated heterocycles. The fourth-order valence-electron chi connectivity index (χ4n) is 4.94. The molecule has 3 nitrogen and oxygen atoms in total. The Morgan fingerprint density at radius 3 is 2.62 bits per heavy atom. The minimum absolute atomic E-state index is 0.182. The summed E-state index contributed by atoms with van der Waals surface area (Å²) in [4.78, 5) is 5.08. The first-order valence-electron chi connectivity index (χ1n) is 12.1. The maximum absolute atomic E-state index is 13.1. The molecule has 0 aromatic heterocycles. The molecule has 2 aromatic rings. The number of halogens is 1. The lowest BCUT2D eigenvalue weighted by Gasteiger charge is -2.27. The Hall–Kier alpha value is -2.17. The van der Waals surface area contributed by atoms with Crippen LogP contribution in [0.3, 0.4) is 0 Å². The van der Waals surface area contributed by atoms with Crippen molar-refractivity contribution in [3.8, 4) is 5.75 Å². The number of hydrogen-bond donors (Lipinski definition) is 0. The van der Waals surface area contributed by atoms with Gasteiger partial charge in [-0.1, -0.05) is 30.7 Å². The zero-order valence-corrected chi connectivity index (χ0v) is 19.9. The van der Waals surface area contributed by atoms with Crippen molar-refractivity contribution in [2.75, 3.05) is 46.4 Å². The second kappa shape index (κ2) is 10.6. The van der Waals surface area contributed by atoms with E-state index in [0.717, 1.165) is 37.1 Å². The van der Waals surface area contributed by atoms with Crippen molar-refractivity contribution in [2.45, 2.75) is 39.5 Å². The predicted octanol–water partition coefficient (Wildman–Crippen LogP) is 5.44. The van der Waals surface area contributed by atoms with Crippen molar-refractivity contribution in [3.63, 3.8) is 0 Å². The average molecular weight is 437 g/mol. The Kier molecular flexibility index (Phi) is 7.64. The van der Waals surface area contributed by atoms with Gasteiger partial charge in [0.2, 0.25) is 0 Å². The van der Waals surface area contributed by atoms with Gasteiger partial charge in [0.25, 0.3) is 0 Å². The Morgan fingerprint density at radius 1 is 1.00 bits per heavy atom. The predicted molar refractivity (Wildman–Crippen MR) is 131 cm³/mol. The van der Waals surface area contributed by atoms with Crippen LogP contribution in [0.4, 0.5) is 4.39 Å². The maximum atomic E-state index is 13.1. The van der Waals surface area contributed by atoms with E-state index in [9.17, 15) is 4.39 Å². The number of benzene rings is 2. The van der Waals surface area contributed by atoms with Crippen molar-refractivity contribution in [3.05, 3.63) is 70.5 Å². The number of ether oxygens (including phenoxy) is 1. The molecule has 0 radical (unpaired) electrons. The van der Waals surface area contributed by atoms with Gasteiger partial charge in [0.15, 0.2) is 0 Å². The highest BCUT2D eigenvalue weighted by Gasteiger charge is 2.20. The molecule has 32 heavy (non-hydrogen) atoms. The molecule has 1 aliphatic heterocycles. The van der Waals surface area contributed by atoms with E-state index in [1.54, 1.807) is 5.57 Å². The molecule has 1 heterocycles. The maximum Gasteiger partial charge on any atom is 0.123 e. The molecule has 2 aromatic carbocycles. The van der Waals surface area contributed by atoms with E-state index in [2.05, 4.69) is 48.9 Å². The Morgan fingerprint density at radius 2 is 1.81 bits per heavy atom. The minimum atomic E-state index is -0.182. The number of aryl methyl sites for hydroxylation is 1. The van der Waals surface area contributed by atoms with Crippen LogP contribution in [0, 0.1) is 11.7 Å². The molecule has 1 fully saturated rings. The second-order valence-electron chi connectivity index (χ2n) is 9.73. The van der Waals surface area contributed by atoms with Crippen molar-refractivity contribution in [2.24, 2.45) is 5.92 Å². The fourth-order valence-corrected chi connectivity index (χ4v) is 4.94.